The third-order valence-corrected chi connectivity index (χ3v) is 2.18. The summed E-state index contributed by atoms with van der Waals surface area (Å²) < 4.78 is 1.47. The Hall–Kier alpha value is -1.81. The van der Waals surface area contributed by atoms with Gasteiger partial charge in [0.15, 0.2) is 0 Å². The molecule has 0 bridgehead atoms. The number of hydrogen-bond acceptors (Lipinski definition) is 2. The quantitative estimate of drug-likeness (QED) is 0.848. The van der Waals surface area contributed by atoms with E-state index in [0.717, 1.165) is 0 Å². The zero-order valence-corrected chi connectivity index (χ0v) is 8.35. The van der Waals surface area contributed by atoms with Gasteiger partial charge in [0.2, 0.25) is 0 Å². The van der Waals surface area contributed by atoms with E-state index in [9.17, 15) is 4.79 Å². The molecule has 4 nitrogen and oxygen atoms in total. The highest BCUT2D eigenvalue weighted by Gasteiger charge is 2.11. The average molecular weight is 223 g/mol. The Morgan fingerprint density at radius 2 is 2.27 bits per heavy atom. The molecular formula is C10H7ClN2O2. The molecule has 0 fully saturated rings. The van der Waals surface area contributed by atoms with Gasteiger partial charge in [-0.05, 0) is 24.3 Å². The van der Waals surface area contributed by atoms with E-state index in [0.29, 0.717) is 10.7 Å². The Morgan fingerprint density at radius 1 is 1.47 bits per heavy atom. The zero-order valence-electron chi connectivity index (χ0n) is 7.59. The molecule has 0 spiro atoms. The molecule has 5 heteroatoms. The van der Waals surface area contributed by atoms with Crippen LogP contribution in [0.2, 0.25) is 5.02 Å². The van der Waals surface area contributed by atoms with E-state index in [1.807, 2.05) is 0 Å². The molecule has 0 radical (unpaired) electrons. The summed E-state index contributed by atoms with van der Waals surface area (Å²) in [6.45, 7) is 0. The van der Waals surface area contributed by atoms with E-state index in [-0.39, 0.29) is 5.56 Å². The molecule has 2 rings (SSSR count). The molecule has 0 unspecified atom stereocenters. The SMILES string of the molecule is O=C(O)c1ccc(Cl)cc1-n1cccn1. The van der Waals surface area contributed by atoms with Crippen LogP contribution in [0, 0.1) is 0 Å². The van der Waals surface area contributed by atoms with Gasteiger partial charge in [-0.3, -0.25) is 0 Å². The first-order chi connectivity index (χ1) is 7.18. The number of rotatable bonds is 2. The number of benzene rings is 1. The number of nitrogens with zero attached hydrogens (tertiary/aromatic N) is 2. The van der Waals surface area contributed by atoms with Crippen molar-refractivity contribution in [2.45, 2.75) is 0 Å². The summed E-state index contributed by atoms with van der Waals surface area (Å²) >= 11 is 5.80. The fourth-order valence-corrected chi connectivity index (χ4v) is 1.45. The van der Waals surface area contributed by atoms with Crippen LogP contribution in [0.5, 0.6) is 0 Å². The second-order valence-corrected chi connectivity index (χ2v) is 3.35. The van der Waals surface area contributed by atoms with E-state index in [2.05, 4.69) is 5.10 Å². The lowest BCUT2D eigenvalue weighted by molar-refractivity contribution is 0.0697. The molecule has 0 aliphatic carbocycles. The van der Waals surface area contributed by atoms with Gasteiger partial charge in [-0.2, -0.15) is 5.10 Å². The first kappa shape index (κ1) is 9.73. The summed E-state index contributed by atoms with van der Waals surface area (Å²) in [4.78, 5) is 10.9. The van der Waals surface area contributed by atoms with Crippen molar-refractivity contribution in [2.75, 3.05) is 0 Å². The zero-order chi connectivity index (χ0) is 10.8. The molecule has 0 aliphatic heterocycles. The van der Waals surface area contributed by atoms with Gasteiger partial charge < -0.3 is 5.11 Å². The lowest BCUT2D eigenvalue weighted by atomic mass is 10.2. The van der Waals surface area contributed by atoms with Crippen molar-refractivity contribution in [1.29, 1.82) is 0 Å². The highest BCUT2D eigenvalue weighted by Crippen LogP contribution is 2.19. The number of aromatic nitrogens is 2. The van der Waals surface area contributed by atoms with Crippen molar-refractivity contribution in [3.05, 3.63) is 47.2 Å². The Labute approximate surface area is 90.7 Å². The topological polar surface area (TPSA) is 55.1 Å². The second-order valence-electron chi connectivity index (χ2n) is 2.92. The Balaban J connectivity index is 2.63. The molecule has 0 atom stereocenters. The van der Waals surface area contributed by atoms with Crippen LogP contribution in [0.4, 0.5) is 0 Å². The number of hydrogen-bond donors (Lipinski definition) is 1. The second kappa shape index (κ2) is 3.74. The molecule has 15 heavy (non-hydrogen) atoms. The first-order valence-corrected chi connectivity index (χ1v) is 4.59. The maximum atomic E-state index is 10.9. The van der Waals surface area contributed by atoms with Crippen LogP contribution in [0.25, 0.3) is 5.69 Å². The fourth-order valence-electron chi connectivity index (χ4n) is 1.29. The molecular weight excluding hydrogens is 216 g/mol. The van der Waals surface area contributed by atoms with Gasteiger partial charge in [-0.15, -0.1) is 0 Å². The fraction of sp³-hybridized carbons (Fsp3) is 0. The van der Waals surface area contributed by atoms with Crippen LogP contribution < -0.4 is 0 Å². The van der Waals surface area contributed by atoms with Crippen molar-refractivity contribution in [3.8, 4) is 5.69 Å². The monoisotopic (exact) mass is 222 g/mol. The van der Waals surface area contributed by atoms with Crippen LogP contribution >= 0.6 is 11.6 Å². The van der Waals surface area contributed by atoms with Crippen LogP contribution in [0.3, 0.4) is 0 Å². The minimum atomic E-state index is -1.00. The van der Waals surface area contributed by atoms with Gasteiger partial charge >= 0.3 is 5.97 Å². The van der Waals surface area contributed by atoms with E-state index in [4.69, 9.17) is 16.7 Å². The molecule has 0 saturated carbocycles. The Bertz CT molecular complexity index is 494. The average Bonchev–Trinajstić information content (AvgIpc) is 2.69. The predicted octanol–water partition coefficient (Wildman–Crippen LogP) is 2.22. The third kappa shape index (κ3) is 1.85. The highest BCUT2D eigenvalue weighted by atomic mass is 35.5. The smallest absolute Gasteiger partial charge is 0.337 e. The van der Waals surface area contributed by atoms with Gasteiger partial charge in [0.05, 0.1) is 11.3 Å². The molecule has 0 amide bonds. The third-order valence-electron chi connectivity index (χ3n) is 1.94. The highest BCUT2D eigenvalue weighted by molar-refractivity contribution is 6.30. The van der Waals surface area contributed by atoms with Gasteiger partial charge in [-0.25, -0.2) is 9.48 Å². The summed E-state index contributed by atoms with van der Waals surface area (Å²) in [7, 11) is 0. The lowest BCUT2D eigenvalue weighted by Crippen LogP contribution is -2.05. The molecule has 0 aliphatic rings. The predicted molar refractivity (Wildman–Crippen MR) is 55.5 cm³/mol. The van der Waals surface area contributed by atoms with E-state index in [1.54, 1.807) is 24.5 Å². The minimum Gasteiger partial charge on any atom is -0.478 e. The Kier molecular flexibility index (Phi) is 2.43. The summed E-state index contributed by atoms with van der Waals surface area (Å²) in [5.41, 5.74) is 0.628. The molecule has 0 saturated heterocycles. The standard InChI is InChI=1S/C10H7ClN2O2/c11-7-2-3-8(10(14)15)9(6-7)13-5-1-4-12-13/h1-6H,(H,14,15). The van der Waals surface area contributed by atoms with Gasteiger partial charge in [0.1, 0.15) is 0 Å². The maximum Gasteiger partial charge on any atom is 0.337 e. The molecule has 1 heterocycles. The van der Waals surface area contributed by atoms with Crippen molar-refractivity contribution in [2.24, 2.45) is 0 Å². The minimum absolute atomic E-state index is 0.170. The molecule has 1 aromatic heterocycles. The molecule has 1 aromatic carbocycles. The van der Waals surface area contributed by atoms with E-state index >= 15 is 0 Å². The van der Waals surface area contributed by atoms with Crippen LogP contribution in [-0.4, -0.2) is 20.9 Å². The molecule has 76 valence electrons. The van der Waals surface area contributed by atoms with Gasteiger partial charge in [0, 0.05) is 17.4 Å². The number of carboxylic acid groups (broad SMARTS) is 1. The van der Waals surface area contributed by atoms with Crippen molar-refractivity contribution in [1.82, 2.24) is 9.78 Å². The number of carbonyl (C=O) groups is 1. The van der Waals surface area contributed by atoms with E-state index in [1.165, 1.54) is 16.8 Å². The van der Waals surface area contributed by atoms with E-state index < -0.39 is 5.97 Å². The van der Waals surface area contributed by atoms with Crippen molar-refractivity contribution >= 4 is 17.6 Å². The van der Waals surface area contributed by atoms with Crippen LogP contribution in [0.1, 0.15) is 10.4 Å². The number of carboxylic acids is 1. The van der Waals surface area contributed by atoms with Crippen molar-refractivity contribution < 1.29 is 9.90 Å². The van der Waals surface area contributed by atoms with Gasteiger partial charge in [0.25, 0.3) is 0 Å². The largest absolute Gasteiger partial charge is 0.478 e. The summed E-state index contributed by atoms with van der Waals surface area (Å²) in [6.07, 6.45) is 3.24. The van der Waals surface area contributed by atoms with Crippen LogP contribution in [-0.2, 0) is 0 Å². The first-order valence-electron chi connectivity index (χ1n) is 4.21. The summed E-state index contributed by atoms with van der Waals surface area (Å²) in [5.74, 6) is -1.00. The molecule has 2 aromatic rings. The maximum absolute atomic E-state index is 10.9. The van der Waals surface area contributed by atoms with Crippen LogP contribution in [0.15, 0.2) is 36.7 Å². The normalized spacial score (nSPS) is 10.2. The Morgan fingerprint density at radius 3 is 2.87 bits per heavy atom. The van der Waals surface area contributed by atoms with Gasteiger partial charge in [-0.1, -0.05) is 11.6 Å². The number of halogens is 1. The van der Waals surface area contributed by atoms with Crippen molar-refractivity contribution in [3.63, 3.8) is 0 Å². The molecule has 1 N–H and O–H groups in total. The summed E-state index contributed by atoms with van der Waals surface area (Å²) in [6, 6.07) is 6.28. The lowest BCUT2D eigenvalue weighted by Gasteiger charge is -2.06. The number of aromatic carboxylic acids is 1. The summed E-state index contributed by atoms with van der Waals surface area (Å²) in [5, 5.41) is 13.4.